The molecule has 0 aliphatic rings. The highest BCUT2D eigenvalue weighted by Gasteiger charge is 2.06. The number of thiazole rings is 2. The first-order valence-electron chi connectivity index (χ1n) is 7.42. The summed E-state index contributed by atoms with van der Waals surface area (Å²) < 4.78 is 0. The number of anilines is 2. The molecule has 0 saturated heterocycles. The maximum atomic E-state index is 4.58. The second kappa shape index (κ2) is 6.82. The summed E-state index contributed by atoms with van der Waals surface area (Å²) >= 11 is 3.12. The lowest BCUT2D eigenvalue weighted by molar-refractivity contribution is 1.30. The molecule has 0 atom stereocenters. The number of hydrazine groups is 1. The topological polar surface area (TPSA) is 49.8 Å². The van der Waals surface area contributed by atoms with Crippen molar-refractivity contribution < 1.29 is 0 Å². The molecule has 0 aliphatic carbocycles. The van der Waals surface area contributed by atoms with E-state index in [2.05, 4.69) is 45.1 Å². The zero-order valence-corrected chi connectivity index (χ0v) is 14.3. The van der Waals surface area contributed by atoms with Crippen LogP contribution in [-0.4, -0.2) is 9.97 Å². The second-order valence-electron chi connectivity index (χ2n) is 5.06. The average Bonchev–Trinajstić information content (AvgIpc) is 3.31. The molecule has 118 valence electrons. The highest BCUT2D eigenvalue weighted by molar-refractivity contribution is 7.14. The van der Waals surface area contributed by atoms with Gasteiger partial charge in [-0.15, -0.1) is 22.7 Å². The molecule has 0 unspecified atom stereocenters. The van der Waals surface area contributed by atoms with Crippen molar-refractivity contribution in [3.8, 4) is 22.5 Å². The van der Waals surface area contributed by atoms with E-state index < -0.39 is 0 Å². The first kappa shape index (κ1) is 14.9. The molecule has 0 amide bonds. The molecular weight excluding hydrogens is 336 g/mol. The minimum absolute atomic E-state index is 0.810. The first-order chi connectivity index (χ1) is 11.9. The Hall–Kier alpha value is -2.70. The van der Waals surface area contributed by atoms with Crippen molar-refractivity contribution >= 4 is 32.9 Å². The SMILES string of the molecule is c1ccc(-c2csc(NNc3nc(-c4ccccc4)cs3)n2)cc1. The van der Waals surface area contributed by atoms with Gasteiger partial charge in [-0.3, -0.25) is 10.9 Å². The molecule has 0 radical (unpaired) electrons. The summed E-state index contributed by atoms with van der Waals surface area (Å²) in [6, 6.07) is 20.3. The summed E-state index contributed by atoms with van der Waals surface area (Å²) in [5.74, 6) is 0. The molecule has 6 heteroatoms. The van der Waals surface area contributed by atoms with Crippen LogP contribution in [0, 0.1) is 0 Å². The standard InChI is InChI=1S/C18H14N4S2/c1-3-7-13(8-4-1)15-11-23-17(19-15)21-22-18-20-16(12-24-18)14-9-5-2-6-10-14/h1-12H,(H,19,21)(H,20,22). The van der Waals surface area contributed by atoms with Crippen molar-refractivity contribution in [2.24, 2.45) is 0 Å². The summed E-state index contributed by atoms with van der Waals surface area (Å²) in [7, 11) is 0. The maximum absolute atomic E-state index is 4.58. The van der Waals surface area contributed by atoms with E-state index in [1.807, 2.05) is 47.2 Å². The summed E-state index contributed by atoms with van der Waals surface area (Å²) in [4.78, 5) is 9.16. The molecule has 4 rings (SSSR count). The molecule has 0 fully saturated rings. The van der Waals surface area contributed by atoms with E-state index in [1.165, 1.54) is 0 Å². The molecule has 2 aromatic heterocycles. The lowest BCUT2D eigenvalue weighted by Gasteiger charge is -2.02. The van der Waals surface area contributed by atoms with Gasteiger partial charge >= 0.3 is 0 Å². The van der Waals surface area contributed by atoms with Crippen molar-refractivity contribution in [3.63, 3.8) is 0 Å². The van der Waals surface area contributed by atoms with Gasteiger partial charge in [0, 0.05) is 21.9 Å². The minimum atomic E-state index is 0.810. The number of nitrogens with one attached hydrogen (secondary N) is 2. The molecule has 2 N–H and O–H groups in total. The number of nitrogens with zero attached hydrogens (tertiary/aromatic N) is 2. The van der Waals surface area contributed by atoms with Crippen molar-refractivity contribution in [1.82, 2.24) is 9.97 Å². The molecule has 2 heterocycles. The molecule has 4 nitrogen and oxygen atoms in total. The lowest BCUT2D eigenvalue weighted by Crippen LogP contribution is -2.07. The Morgan fingerprint density at radius 1 is 0.583 bits per heavy atom. The van der Waals surface area contributed by atoms with Crippen LogP contribution in [0.2, 0.25) is 0 Å². The normalized spacial score (nSPS) is 10.5. The molecule has 0 aliphatic heterocycles. The minimum Gasteiger partial charge on any atom is -0.274 e. The van der Waals surface area contributed by atoms with Crippen molar-refractivity contribution in [2.75, 3.05) is 10.9 Å². The third kappa shape index (κ3) is 3.29. The Kier molecular flexibility index (Phi) is 4.22. The number of rotatable bonds is 5. The van der Waals surface area contributed by atoms with E-state index >= 15 is 0 Å². The number of hydrogen-bond acceptors (Lipinski definition) is 6. The van der Waals surface area contributed by atoms with Crippen LogP contribution >= 0.6 is 22.7 Å². The van der Waals surface area contributed by atoms with E-state index in [9.17, 15) is 0 Å². The molecular formula is C18H14N4S2. The third-order valence-electron chi connectivity index (χ3n) is 3.42. The smallest absolute Gasteiger partial charge is 0.202 e. The van der Waals surface area contributed by atoms with Gasteiger partial charge < -0.3 is 0 Å². The van der Waals surface area contributed by atoms with Crippen LogP contribution in [0.3, 0.4) is 0 Å². The Labute approximate surface area is 147 Å². The Bertz CT molecular complexity index is 839. The van der Waals surface area contributed by atoms with E-state index in [0.717, 1.165) is 32.8 Å². The van der Waals surface area contributed by atoms with Crippen molar-refractivity contribution in [2.45, 2.75) is 0 Å². The van der Waals surface area contributed by atoms with Gasteiger partial charge in [0.05, 0.1) is 11.4 Å². The van der Waals surface area contributed by atoms with Gasteiger partial charge in [-0.2, -0.15) is 0 Å². The van der Waals surface area contributed by atoms with Gasteiger partial charge in [0.1, 0.15) is 0 Å². The molecule has 4 aromatic rings. The van der Waals surface area contributed by atoms with Crippen LogP contribution < -0.4 is 10.9 Å². The van der Waals surface area contributed by atoms with E-state index in [-0.39, 0.29) is 0 Å². The fourth-order valence-corrected chi connectivity index (χ4v) is 3.60. The van der Waals surface area contributed by atoms with Gasteiger partial charge in [-0.25, -0.2) is 9.97 Å². The van der Waals surface area contributed by atoms with Crippen LogP contribution in [0.25, 0.3) is 22.5 Å². The van der Waals surface area contributed by atoms with Crippen LogP contribution in [0.15, 0.2) is 71.4 Å². The monoisotopic (exact) mass is 350 g/mol. The van der Waals surface area contributed by atoms with E-state index in [4.69, 9.17) is 0 Å². The van der Waals surface area contributed by atoms with Gasteiger partial charge in [0.15, 0.2) is 0 Å². The Balaban J connectivity index is 1.43. The van der Waals surface area contributed by atoms with Gasteiger partial charge in [0.25, 0.3) is 0 Å². The first-order valence-corrected chi connectivity index (χ1v) is 9.18. The van der Waals surface area contributed by atoms with Gasteiger partial charge in [-0.05, 0) is 0 Å². The number of aromatic nitrogens is 2. The van der Waals surface area contributed by atoms with Gasteiger partial charge in [-0.1, -0.05) is 60.7 Å². The highest BCUT2D eigenvalue weighted by atomic mass is 32.1. The van der Waals surface area contributed by atoms with Crippen molar-refractivity contribution in [3.05, 3.63) is 71.4 Å². The largest absolute Gasteiger partial charge is 0.274 e. The summed E-state index contributed by atoms with van der Waals surface area (Å²) in [5, 5.41) is 5.70. The zero-order chi connectivity index (χ0) is 16.2. The summed E-state index contributed by atoms with van der Waals surface area (Å²) in [6.07, 6.45) is 0. The summed E-state index contributed by atoms with van der Waals surface area (Å²) in [5.41, 5.74) is 10.4. The quantitative estimate of drug-likeness (QED) is 0.475. The zero-order valence-electron chi connectivity index (χ0n) is 12.6. The predicted octanol–water partition coefficient (Wildman–Crippen LogP) is 5.37. The lowest BCUT2D eigenvalue weighted by atomic mass is 10.2. The Morgan fingerprint density at radius 2 is 1.00 bits per heavy atom. The maximum Gasteiger partial charge on any atom is 0.202 e. The fourth-order valence-electron chi connectivity index (χ4n) is 2.25. The average molecular weight is 350 g/mol. The summed E-state index contributed by atoms with van der Waals surface area (Å²) in [6.45, 7) is 0. The Morgan fingerprint density at radius 3 is 1.42 bits per heavy atom. The predicted molar refractivity (Wildman–Crippen MR) is 102 cm³/mol. The number of hydrogen-bond donors (Lipinski definition) is 2. The van der Waals surface area contributed by atoms with Crippen LogP contribution in [0.4, 0.5) is 10.3 Å². The molecule has 0 saturated carbocycles. The second-order valence-corrected chi connectivity index (χ2v) is 6.77. The highest BCUT2D eigenvalue weighted by Crippen LogP contribution is 2.27. The van der Waals surface area contributed by atoms with Crippen LogP contribution in [0.1, 0.15) is 0 Å². The number of benzene rings is 2. The van der Waals surface area contributed by atoms with Crippen LogP contribution in [0.5, 0.6) is 0 Å². The molecule has 0 spiro atoms. The fraction of sp³-hybridized carbons (Fsp3) is 0. The molecule has 24 heavy (non-hydrogen) atoms. The van der Waals surface area contributed by atoms with Crippen LogP contribution in [-0.2, 0) is 0 Å². The van der Waals surface area contributed by atoms with E-state index in [0.29, 0.717) is 0 Å². The molecule has 2 aromatic carbocycles. The van der Waals surface area contributed by atoms with Crippen molar-refractivity contribution in [1.29, 1.82) is 0 Å². The third-order valence-corrected chi connectivity index (χ3v) is 4.94. The van der Waals surface area contributed by atoms with Gasteiger partial charge in [0.2, 0.25) is 10.3 Å². The van der Waals surface area contributed by atoms with E-state index in [1.54, 1.807) is 22.7 Å². The molecule has 0 bridgehead atoms.